The molecule has 0 amide bonds. The van der Waals surface area contributed by atoms with Crippen molar-refractivity contribution in [1.29, 1.82) is 0 Å². The van der Waals surface area contributed by atoms with Gasteiger partial charge in [0, 0.05) is 19.2 Å². The highest BCUT2D eigenvalue weighted by Crippen LogP contribution is 2.16. The summed E-state index contributed by atoms with van der Waals surface area (Å²) in [6.45, 7) is 3.65. The summed E-state index contributed by atoms with van der Waals surface area (Å²) in [7, 11) is 3.63. The number of aryl methyl sites for hydroxylation is 1. The normalized spacial score (nSPS) is 10.9. The first kappa shape index (κ1) is 22.7. The zero-order valence-electron chi connectivity index (χ0n) is 16.9. The maximum Gasteiger partial charge on any atom is 0.192 e. The van der Waals surface area contributed by atoms with E-state index in [9.17, 15) is 0 Å². The van der Waals surface area contributed by atoms with Crippen LogP contribution in [0.15, 0.2) is 59.6 Å². The van der Waals surface area contributed by atoms with Crippen LogP contribution >= 0.6 is 24.0 Å². The number of para-hydroxylation sites is 1. The molecular weight excluding hydrogens is 479 g/mol. The number of aliphatic imine (C=N–C) groups is 1. The average Bonchev–Trinajstić information content (AvgIpc) is 3.06. The lowest BCUT2D eigenvalue weighted by molar-refractivity contribution is 0.409. The zero-order valence-corrected chi connectivity index (χ0v) is 19.3. The lowest BCUT2D eigenvalue weighted by atomic mass is 10.2. The topological polar surface area (TPSA) is 76.4 Å². The fraction of sp³-hybridized carbons (Fsp3) is 0.286. The zero-order chi connectivity index (χ0) is 19.8. The Bertz CT molecular complexity index is 926. The van der Waals surface area contributed by atoms with E-state index in [0.717, 1.165) is 28.5 Å². The summed E-state index contributed by atoms with van der Waals surface area (Å²) in [6, 6.07) is 18.1. The lowest BCUT2D eigenvalue weighted by Gasteiger charge is -2.14. The summed E-state index contributed by atoms with van der Waals surface area (Å²) in [5.74, 6) is 3.28. The Kier molecular flexibility index (Phi) is 8.91. The van der Waals surface area contributed by atoms with Crippen LogP contribution in [0.3, 0.4) is 0 Å². The number of aromatic nitrogens is 3. The third-order valence-corrected chi connectivity index (χ3v) is 4.50. The SMILES string of the molecule is COc1ccccc1CNC(=NCc1ccccc1)NCc1nnc(C)n1C.I. The van der Waals surface area contributed by atoms with E-state index in [1.165, 1.54) is 0 Å². The summed E-state index contributed by atoms with van der Waals surface area (Å²) in [5.41, 5.74) is 2.21. The van der Waals surface area contributed by atoms with Gasteiger partial charge in [-0.25, -0.2) is 4.99 Å². The van der Waals surface area contributed by atoms with E-state index in [-0.39, 0.29) is 24.0 Å². The third-order valence-electron chi connectivity index (χ3n) is 4.50. The first-order valence-corrected chi connectivity index (χ1v) is 9.20. The monoisotopic (exact) mass is 506 g/mol. The van der Waals surface area contributed by atoms with Crippen molar-refractivity contribution in [2.24, 2.45) is 12.0 Å². The highest BCUT2D eigenvalue weighted by Gasteiger charge is 2.08. The third kappa shape index (κ3) is 6.45. The van der Waals surface area contributed by atoms with Crippen molar-refractivity contribution < 1.29 is 4.74 Å². The van der Waals surface area contributed by atoms with E-state index in [0.29, 0.717) is 25.6 Å². The van der Waals surface area contributed by atoms with Crippen LogP contribution in [0.1, 0.15) is 22.8 Å². The molecular formula is C21H27IN6O. The summed E-state index contributed by atoms with van der Waals surface area (Å²) >= 11 is 0. The fourth-order valence-corrected chi connectivity index (χ4v) is 2.72. The number of guanidine groups is 1. The number of nitrogens with zero attached hydrogens (tertiary/aromatic N) is 4. The van der Waals surface area contributed by atoms with Gasteiger partial charge in [-0.2, -0.15) is 0 Å². The minimum absolute atomic E-state index is 0. The second-order valence-electron chi connectivity index (χ2n) is 6.39. The highest BCUT2D eigenvalue weighted by molar-refractivity contribution is 14.0. The quantitative estimate of drug-likeness (QED) is 0.293. The molecule has 0 radical (unpaired) electrons. The number of hydrogen-bond acceptors (Lipinski definition) is 4. The van der Waals surface area contributed by atoms with Crippen LogP contribution in [0.25, 0.3) is 0 Å². The molecule has 0 bridgehead atoms. The van der Waals surface area contributed by atoms with Gasteiger partial charge in [0.1, 0.15) is 11.6 Å². The minimum atomic E-state index is 0. The number of methoxy groups -OCH3 is 1. The summed E-state index contributed by atoms with van der Waals surface area (Å²) in [4.78, 5) is 4.71. The molecule has 0 atom stereocenters. The van der Waals surface area contributed by atoms with E-state index < -0.39 is 0 Å². The van der Waals surface area contributed by atoms with Gasteiger partial charge in [-0.05, 0) is 18.6 Å². The Morgan fingerprint density at radius 2 is 1.69 bits per heavy atom. The maximum atomic E-state index is 5.43. The number of nitrogens with one attached hydrogen (secondary N) is 2. The number of hydrogen-bond donors (Lipinski definition) is 2. The van der Waals surface area contributed by atoms with Crippen LogP contribution in [0.5, 0.6) is 5.75 Å². The van der Waals surface area contributed by atoms with Gasteiger partial charge in [-0.1, -0.05) is 48.5 Å². The molecule has 0 aliphatic carbocycles. The molecule has 3 aromatic rings. The van der Waals surface area contributed by atoms with Crippen molar-refractivity contribution in [3.05, 3.63) is 77.4 Å². The summed E-state index contributed by atoms with van der Waals surface area (Å²) in [6.07, 6.45) is 0. The number of benzene rings is 2. The second-order valence-corrected chi connectivity index (χ2v) is 6.39. The van der Waals surface area contributed by atoms with Gasteiger partial charge in [0.05, 0.1) is 20.2 Å². The molecule has 29 heavy (non-hydrogen) atoms. The molecule has 0 saturated heterocycles. The molecule has 3 rings (SSSR count). The van der Waals surface area contributed by atoms with Gasteiger partial charge in [0.25, 0.3) is 0 Å². The number of halogens is 1. The van der Waals surface area contributed by atoms with Gasteiger partial charge < -0.3 is 19.9 Å². The van der Waals surface area contributed by atoms with Crippen LogP contribution in [0.4, 0.5) is 0 Å². The standard InChI is InChI=1S/C21H26N6O.HI/c1-16-25-26-20(27(16)2)15-24-21(22-13-17-9-5-4-6-10-17)23-14-18-11-7-8-12-19(18)28-3;/h4-12H,13-15H2,1-3H3,(H2,22,23,24);1H. The second kappa shape index (κ2) is 11.4. The molecule has 0 saturated carbocycles. The Hall–Kier alpha value is -2.62. The van der Waals surface area contributed by atoms with Crippen molar-refractivity contribution in [3.8, 4) is 5.75 Å². The van der Waals surface area contributed by atoms with E-state index >= 15 is 0 Å². The maximum absolute atomic E-state index is 5.43. The van der Waals surface area contributed by atoms with Crippen LogP contribution in [-0.4, -0.2) is 27.8 Å². The van der Waals surface area contributed by atoms with Crippen LogP contribution in [0, 0.1) is 6.92 Å². The van der Waals surface area contributed by atoms with Crippen LogP contribution in [-0.2, 0) is 26.7 Å². The fourth-order valence-electron chi connectivity index (χ4n) is 2.72. The van der Waals surface area contributed by atoms with E-state index in [1.807, 2.05) is 61.0 Å². The Morgan fingerprint density at radius 1 is 1.00 bits per heavy atom. The molecule has 8 heteroatoms. The molecule has 0 aliphatic heterocycles. The van der Waals surface area contributed by atoms with Gasteiger partial charge >= 0.3 is 0 Å². The molecule has 2 aromatic carbocycles. The molecule has 7 nitrogen and oxygen atoms in total. The van der Waals surface area contributed by atoms with E-state index in [2.05, 4.69) is 33.0 Å². The smallest absolute Gasteiger partial charge is 0.192 e. The molecule has 0 fully saturated rings. The van der Waals surface area contributed by atoms with Gasteiger partial charge in [-0.3, -0.25) is 0 Å². The predicted octanol–water partition coefficient (Wildman–Crippen LogP) is 3.19. The molecule has 1 aromatic heterocycles. The van der Waals surface area contributed by atoms with Gasteiger partial charge in [-0.15, -0.1) is 34.2 Å². The number of ether oxygens (including phenoxy) is 1. The molecule has 154 valence electrons. The van der Waals surface area contributed by atoms with Crippen LogP contribution < -0.4 is 15.4 Å². The molecule has 2 N–H and O–H groups in total. The average molecular weight is 506 g/mol. The molecule has 1 heterocycles. The van der Waals surface area contributed by atoms with Crippen molar-refractivity contribution in [3.63, 3.8) is 0 Å². The van der Waals surface area contributed by atoms with Crippen LogP contribution in [0.2, 0.25) is 0 Å². The predicted molar refractivity (Wildman–Crippen MR) is 125 cm³/mol. The molecule has 0 spiro atoms. The summed E-state index contributed by atoms with van der Waals surface area (Å²) in [5, 5.41) is 15.0. The Balaban J connectivity index is 0.00000300. The largest absolute Gasteiger partial charge is 0.496 e. The first-order chi connectivity index (χ1) is 13.7. The van der Waals surface area contributed by atoms with Crippen molar-refractivity contribution in [1.82, 2.24) is 25.4 Å². The lowest BCUT2D eigenvalue weighted by Crippen LogP contribution is -2.37. The minimum Gasteiger partial charge on any atom is -0.496 e. The Labute approximate surface area is 188 Å². The first-order valence-electron chi connectivity index (χ1n) is 9.20. The summed E-state index contributed by atoms with van der Waals surface area (Å²) < 4.78 is 7.39. The van der Waals surface area contributed by atoms with Gasteiger partial charge in [0.15, 0.2) is 11.8 Å². The molecule has 0 aliphatic rings. The van der Waals surface area contributed by atoms with E-state index in [4.69, 9.17) is 9.73 Å². The van der Waals surface area contributed by atoms with Crippen molar-refractivity contribution in [2.45, 2.75) is 26.6 Å². The van der Waals surface area contributed by atoms with Gasteiger partial charge in [0.2, 0.25) is 0 Å². The van der Waals surface area contributed by atoms with Crippen molar-refractivity contribution in [2.75, 3.05) is 7.11 Å². The highest BCUT2D eigenvalue weighted by atomic mass is 127. The number of rotatable bonds is 7. The van der Waals surface area contributed by atoms with E-state index in [1.54, 1.807) is 7.11 Å². The van der Waals surface area contributed by atoms with Crippen molar-refractivity contribution >= 4 is 29.9 Å². The Morgan fingerprint density at radius 3 is 2.38 bits per heavy atom. The molecule has 0 unspecified atom stereocenters.